The van der Waals surface area contributed by atoms with E-state index in [2.05, 4.69) is 11.4 Å². The van der Waals surface area contributed by atoms with E-state index in [1.165, 1.54) is 10.4 Å². The summed E-state index contributed by atoms with van der Waals surface area (Å²) in [4.78, 5) is 26.5. The van der Waals surface area contributed by atoms with Crippen LogP contribution in [0.2, 0.25) is 0 Å². The van der Waals surface area contributed by atoms with Crippen LogP contribution in [0.15, 0.2) is 11.4 Å². The Balaban J connectivity index is 1.79. The molecule has 0 bridgehead atoms. The zero-order chi connectivity index (χ0) is 13.7. The molecule has 1 aromatic heterocycles. The fraction of sp³-hybridized carbons (Fsp3) is 0.462. The molecule has 1 aliphatic rings. The lowest BCUT2D eigenvalue weighted by Gasteiger charge is -2.27. The van der Waals surface area contributed by atoms with Gasteiger partial charge in [-0.05, 0) is 23.4 Å². The number of carbonyl (C=O) groups is 2. The van der Waals surface area contributed by atoms with Crippen LogP contribution in [0.4, 0.5) is 0 Å². The van der Waals surface area contributed by atoms with Gasteiger partial charge in [-0.15, -0.1) is 11.3 Å². The van der Waals surface area contributed by atoms with E-state index >= 15 is 0 Å². The molecule has 1 N–H and O–H groups in total. The third kappa shape index (κ3) is 3.55. The van der Waals surface area contributed by atoms with Crippen LogP contribution in [0.25, 0.3) is 0 Å². The lowest BCUT2D eigenvalue weighted by molar-refractivity contribution is -0.134. The molecular formula is C13H15N3O2S. The SMILES string of the molecule is N#CCNC(=O)CCC(=O)N1CCc2sccc2C1. The zero-order valence-corrected chi connectivity index (χ0v) is 11.3. The van der Waals surface area contributed by atoms with Gasteiger partial charge in [-0.3, -0.25) is 9.59 Å². The molecule has 5 nitrogen and oxygen atoms in total. The lowest BCUT2D eigenvalue weighted by Crippen LogP contribution is -2.36. The number of carbonyl (C=O) groups excluding carboxylic acids is 2. The van der Waals surface area contributed by atoms with Gasteiger partial charge in [-0.25, -0.2) is 0 Å². The minimum atomic E-state index is -0.247. The van der Waals surface area contributed by atoms with Gasteiger partial charge >= 0.3 is 0 Å². The van der Waals surface area contributed by atoms with E-state index in [9.17, 15) is 9.59 Å². The molecule has 0 radical (unpaired) electrons. The first kappa shape index (κ1) is 13.6. The fourth-order valence-electron chi connectivity index (χ4n) is 2.07. The van der Waals surface area contributed by atoms with Crippen LogP contribution in [0.5, 0.6) is 0 Å². The summed E-state index contributed by atoms with van der Waals surface area (Å²) in [6.07, 6.45) is 1.25. The molecule has 2 amide bonds. The number of thiophene rings is 1. The molecule has 100 valence electrons. The maximum Gasteiger partial charge on any atom is 0.223 e. The molecule has 1 aromatic rings. The quantitative estimate of drug-likeness (QED) is 0.836. The summed E-state index contributed by atoms with van der Waals surface area (Å²) >= 11 is 1.73. The Hall–Kier alpha value is -1.87. The smallest absolute Gasteiger partial charge is 0.223 e. The summed E-state index contributed by atoms with van der Waals surface area (Å²) < 4.78 is 0. The van der Waals surface area contributed by atoms with E-state index in [0.717, 1.165) is 13.0 Å². The van der Waals surface area contributed by atoms with Gasteiger partial charge in [0.25, 0.3) is 0 Å². The van der Waals surface area contributed by atoms with Crippen LogP contribution in [0.3, 0.4) is 0 Å². The molecule has 0 saturated heterocycles. The van der Waals surface area contributed by atoms with Gasteiger partial charge in [0.1, 0.15) is 6.54 Å². The first-order valence-corrected chi connectivity index (χ1v) is 7.05. The molecule has 0 aliphatic carbocycles. The van der Waals surface area contributed by atoms with Crippen LogP contribution < -0.4 is 5.32 Å². The van der Waals surface area contributed by atoms with Gasteiger partial charge in [-0.1, -0.05) is 0 Å². The highest BCUT2D eigenvalue weighted by Gasteiger charge is 2.21. The standard InChI is InChI=1S/C13H15N3O2S/c14-5-6-15-12(17)1-2-13(18)16-7-3-11-10(9-16)4-8-19-11/h4,8H,1-3,6-7,9H2,(H,15,17). The molecule has 1 aliphatic heterocycles. The Morgan fingerprint density at radius 1 is 1.47 bits per heavy atom. The van der Waals surface area contributed by atoms with Gasteiger partial charge < -0.3 is 10.2 Å². The lowest BCUT2D eigenvalue weighted by atomic mass is 10.1. The van der Waals surface area contributed by atoms with Crippen molar-refractivity contribution < 1.29 is 9.59 Å². The molecule has 0 atom stereocenters. The molecule has 2 heterocycles. The van der Waals surface area contributed by atoms with E-state index in [-0.39, 0.29) is 31.2 Å². The van der Waals surface area contributed by atoms with E-state index in [4.69, 9.17) is 5.26 Å². The van der Waals surface area contributed by atoms with Crippen molar-refractivity contribution in [1.82, 2.24) is 10.2 Å². The first-order valence-electron chi connectivity index (χ1n) is 6.17. The second-order valence-corrected chi connectivity index (χ2v) is 5.37. The summed E-state index contributed by atoms with van der Waals surface area (Å²) in [6, 6.07) is 3.89. The minimum Gasteiger partial charge on any atom is -0.343 e. The Kier molecular flexibility index (Phi) is 4.53. The highest BCUT2D eigenvalue weighted by Crippen LogP contribution is 2.24. The minimum absolute atomic E-state index is 0.00366. The molecule has 0 aromatic carbocycles. The number of rotatable bonds is 4. The summed E-state index contributed by atoms with van der Waals surface area (Å²) in [7, 11) is 0. The second kappa shape index (κ2) is 6.34. The van der Waals surface area contributed by atoms with Crippen molar-refractivity contribution in [3.63, 3.8) is 0 Å². The van der Waals surface area contributed by atoms with Crippen LogP contribution in [-0.2, 0) is 22.6 Å². The average Bonchev–Trinajstić information content (AvgIpc) is 2.89. The molecule has 0 saturated carbocycles. The largest absolute Gasteiger partial charge is 0.343 e. The van der Waals surface area contributed by atoms with Gasteiger partial charge in [-0.2, -0.15) is 5.26 Å². The Labute approximate surface area is 115 Å². The summed E-state index contributed by atoms with van der Waals surface area (Å²) in [5.74, 6) is -0.243. The maximum atomic E-state index is 12.0. The summed E-state index contributed by atoms with van der Waals surface area (Å²) in [5, 5.41) is 12.8. The summed E-state index contributed by atoms with van der Waals surface area (Å²) in [5.41, 5.74) is 1.22. The molecule has 19 heavy (non-hydrogen) atoms. The predicted octanol–water partition coefficient (Wildman–Crippen LogP) is 1.05. The number of fused-ring (bicyclic) bond motifs is 1. The Morgan fingerprint density at radius 2 is 2.32 bits per heavy atom. The van der Waals surface area contributed by atoms with E-state index in [1.54, 1.807) is 16.2 Å². The summed E-state index contributed by atoms with van der Waals surface area (Å²) in [6.45, 7) is 1.37. The van der Waals surface area contributed by atoms with Crippen LogP contribution >= 0.6 is 11.3 Å². The number of nitrogens with one attached hydrogen (secondary N) is 1. The van der Waals surface area contributed by atoms with Crippen molar-refractivity contribution in [2.45, 2.75) is 25.8 Å². The van der Waals surface area contributed by atoms with Gasteiger partial charge in [0.2, 0.25) is 11.8 Å². The fourth-order valence-corrected chi connectivity index (χ4v) is 2.96. The van der Waals surface area contributed by atoms with Crippen molar-refractivity contribution in [2.75, 3.05) is 13.1 Å². The highest BCUT2D eigenvalue weighted by atomic mass is 32.1. The number of nitriles is 1. The monoisotopic (exact) mass is 277 g/mol. The van der Waals surface area contributed by atoms with Crippen LogP contribution in [0, 0.1) is 11.3 Å². The van der Waals surface area contributed by atoms with E-state index < -0.39 is 0 Å². The van der Waals surface area contributed by atoms with Crippen molar-refractivity contribution in [3.8, 4) is 6.07 Å². The van der Waals surface area contributed by atoms with Gasteiger partial charge in [0.05, 0.1) is 6.07 Å². The van der Waals surface area contributed by atoms with Crippen LogP contribution in [0.1, 0.15) is 23.3 Å². The molecule has 0 spiro atoms. The zero-order valence-electron chi connectivity index (χ0n) is 10.5. The van der Waals surface area contributed by atoms with Gasteiger partial charge in [0.15, 0.2) is 0 Å². The molecular weight excluding hydrogens is 262 g/mol. The molecule has 0 fully saturated rings. The molecule has 2 rings (SSSR count). The topological polar surface area (TPSA) is 73.2 Å². The van der Waals surface area contributed by atoms with Gasteiger partial charge in [0, 0.05) is 30.8 Å². The van der Waals surface area contributed by atoms with Crippen molar-refractivity contribution in [3.05, 3.63) is 21.9 Å². The van der Waals surface area contributed by atoms with Crippen LogP contribution in [-0.4, -0.2) is 29.8 Å². The second-order valence-electron chi connectivity index (χ2n) is 4.37. The number of nitrogens with zero attached hydrogens (tertiary/aromatic N) is 2. The number of hydrogen-bond acceptors (Lipinski definition) is 4. The van der Waals surface area contributed by atoms with Crippen molar-refractivity contribution in [1.29, 1.82) is 5.26 Å². The Bertz CT molecular complexity index is 518. The maximum absolute atomic E-state index is 12.0. The number of amides is 2. The molecule has 6 heteroatoms. The normalized spacial score (nSPS) is 13.5. The highest BCUT2D eigenvalue weighted by molar-refractivity contribution is 7.10. The number of hydrogen-bond donors (Lipinski definition) is 1. The van der Waals surface area contributed by atoms with Crippen molar-refractivity contribution in [2.24, 2.45) is 0 Å². The van der Waals surface area contributed by atoms with Crippen molar-refractivity contribution >= 4 is 23.2 Å². The first-order chi connectivity index (χ1) is 9.20. The third-order valence-electron chi connectivity index (χ3n) is 3.09. The third-order valence-corrected chi connectivity index (χ3v) is 4.11. The van der Waals surface area contributed by atoms with E-state index in [0.29, 0.717) is 6.54 Å². The van der Waals surface area contributed by atoms with E-state index in [1.807, 2.05) is 11.4 Å². The Morgan fingerprint density at radius 3 is 3.11 bits per heavy atom. The predicted molar refractivity (Wildman–Crippen MR) is 71.3 cm³/mol. The average molecular weight is 277 g/mol. The molecule has 0 unspecified atom stereocenters.